The Balaban J connectivity index is 1.86. The van der Waals surface area contributed by atoms with E-state index in [2.05, 4.69) is 4.98 Å². The van der Waals surface area contributed by atoms with Gasteiger partial charge in [0, 0.05) is 12.7 Å². The Morgan fingerprint density at radius 3 is 3.00 bits per heavy atom. The van der Waals surface area contributed by atoms with Crippen LogP contribution in [0.15, 0.2) is 42.6 Å². The van der Waals surface area contributed by atoms with E-state index in [9.17, 15) is 4.79 Å². The van der Waals surface area contributed by atoms with Gasteiger partial charge in [0.05, 0.1) is 12.1 Å². The molecule has 0 radical (unpaired) electrons. The first-order valence-electron chi connectivity index (χ1n) is 6.45. The van der Waals surface area contributed by atoms with Gasteiger partial charge in [0.2, 0.25) is 0 Å². The van der Waals surface area contributed by atoms with Gasteiger partial charge in [-0.3, -0.25) is 4.79 Å². The van der Waals surface area contributed by atoms with E-state index in [-0.39, 0.29) is 5.91 Å². The molecular formula is C15H15N3O2. The topological polar surface area (TPSA) is 68.4 Å². The predicted octanol–water partition coefficient (Wildman–Crippen LogP) is 1.70. The smallest absolute Gasteiger partial charge is 0.258 e. The first kappa shape index (κ1) is 12.5. The second-order valence-electron chi connectivity index (χ2n) is 4.66. The highest BCUT2D eigenvalue weighted by atomic mass is 16.5. The van der Waals surface area contributed by atoms with Gasteiger partial charge in [-0.2, -0.15) is 0 Å². The number of carbonyl (C=O) groups excluding carboxylic acids is 1. The summed E-state index contributed by atoms with van der Waals surface area (Å²) in [6, 6.07) is 11.0. The fourth-order valence-electron chi connectivity index (χ4n) is 2.27. The third-order valence-electron chi connectivity index (χ3n) is 3.24. The average molecular weight is 269 g/mol. The zero-order valence-electron chi connectivity index (χ0n) is 11.0. The summed E-state index contributed by atoms with van der Waals surface area (Å²) in [6.45, 7) is 1.54. The second kappa shape index (κ2) is 5.21. The Morgan fingerprint density at radius 2 is 2.15 bits per heavy atom. The summed E-state index contributed by atoms with van der Waals surface area (Å²) in [6.07, 6.45) is 1.65. The van der Waals surface area contributed by atoms with Crippen LogP contribution in [-0.4, -0.2) is 28.9 Å². The number of ether oxygens (including phenoxy) is 1. The van der Waals surface area contributed by atoms with Crippen LogP contribution in [0.3, 0.4) is 0 Å². The molecule has 0 bridgehead atoms. The lowest BCUT2D eigenvalue weighted by Crippen LogP contribution is -2.31. The molecule has 0 saturated carbocycles. The number of rotatable bonds is 2. The Bertz CT molecular complexity index is 643. The zero-order valence-corrected chi connectivity index (χ0v) is 11.0. The molecule has 1 aromatic carbocycles. The van der Waals surface area contributed by atoms with E-state index in [0.717, 1.165) is 5.56 Å². The lowest BCUT2D eigenvalue weighted by molar-refractivity contribution is 0.0743. The van der Waals surface area contributed by atoms with E-state index in [0.29, 0.717) is 36.8 Å². The molecule has 3 rings (SSSR count). The first-order valence-corrected chi connectivity index (χ1v) is 6.45. The molecule has 20 heavy (non-hydrogen) atoms. The Labute approximate surface area is 117 Å². The third kappa shape index (κ3) is 2.42. The number of aromatic nitrogens is 1. The van der Waals surface area contributed by atoms with E-state index < -0.39 is 0 Å². The number of pyridine rings is 1. The van der Waals surface area contributed by atoms with Gasteiger partial charge in [0.15, 0.2) is 0 Å². The number of benzene rings is 1. The van der Waals surface area contributed by atoms with Gasteiger partial charge >= 0.3 is 0 Å². The van der Waals surface area contributed by atoms with E-state index in [1.165, 1.54) is 0 Å². The summed E-state index contributed by atoms with van der Waals surface area (Å²) in [5.74, 6) is 1.09. The van der Waals surface area contributed by atoms with Crippen molar-refractivity contribution >= 4 is 11.7 Å². The normalized spacial score (nSPS) is 14.4. The molecule has 0 unspecified atom stereocenters. The van der Waals surface area contributed by atoms with Crippen molar-refractivity contribution in [2.75, 3.05) is 18.9 Å². The quantitative estimate of drug-likeness (QED) is 0.901. The lowest BCUT2D eigenvalue weighted by Gasteiger charge is -2.20. The minimum atomic E-state index is -0.0199. The van der Waals surface area contributed by atoms with E-state index in [4.69, 9.17) is 10.5 Å². The molecule has 2 heterocycles. The maximum atomic E-state index is 12.5. The molecule has 2 N–H and O–H groups in total. The minimum absolute atomic E-state index is 0.0199. The second-order valence-corrected chi connectivity index (χ2v) is 4.66. The monoisotopic (exact) mass is 269 g/mol. The van der Waals surface area contributed by atoms with Crippen molar-refractivity contribution in [1.82, 2.24) is 9.88 Å². The summed E-state index contributed by atoms with van der Waals surface area (Å²) >= 11 is 0. The number of nitrogens with zero attached hydrogens (tertiary/aromatic N) is 2. The Kier molecular flexibility index (Phi) is 3.25. The van der Waals surface area contributed by atoms with Gasteiger partial charge in [0.25, 0.3) is 5.91 Å². The lowest BCUT2D eigenvalue weighted by atomic mass is 10.1. The highest BCUT2D eigenvalue weighted by Crippen LogP contribution is 2.23. The molecule has 1 aromatic heterocycles. The van der Waals surface area contributed by atoms with Crippen LogP contribution in [0.1, 0.15) is 15.9 Å². The van der Waals surface area contributed by atoms with Crippen molar-refractivity contribution in [2.45, 2.75) is 6.54 Å². The molecule has 0 saturated heterocycles. The van der Waals surface area contributed by atoms with E-state index in [1.54, 1.807) is 23.2 Å². The Hall–Kier alpha value is -2.56. The maximum absolute atomic E-state index is 12.5. The minimum Gasteiger partial charge on any atom is -0.491 e. The molecule has 5 heteroatoms. The molecule has 102 valence electrons. The van der Waals surface area contributed by atoms with Crippen molar-refractivity contribution in [1.29, 1.82) is 0 Å². The number of para-hydroxylation sites is 1. The number of fused-ring (bicyclic) bond motifs is 1. The first-order chi connectivity index (χ1) is 9.74. The summed E-state index contributed by atoms with van der Waals surface area (Å²) < 4.78 is 5.61. The molecule has 5 nitrogen and oxygen atoms in total. The van der Waals surface area contributed by atoms with Gasteiger partial charge in [0.1, 0.15) is 18.2 Å². The fraction of sp³-hybridized carbons (Fsp3) is 0.200. The SMILES string of the molecule is Nc1cc(CN2CCOc3ccccc3C2=O)ccn1. The van der Waals surface area contributed by atoms with Crippen molar-refractivity contribution < 1.29 is 9.53 Å². The number of nitrogens with two attached hydrogens (primary N) is 1. The molecule has 0 fully saturated rings. The van der Waals surface area contributed by atoms with E-state index in [1.807, 2.05) is 24.3 Å². The molecule has 0 aliphatic carbocycles. The predicted molar refractivity (Wildman–Crippen MR) is 75.3 cm³/mol. The molecular weight excluding hydrogens is 254 g/mol. The molecule has 0 atom stereocenters. The fourth-order valence-corrected chi connectivity index (χ4v) is 2.27. The van der Waals surface area contributed by atoms with Crippen LogP contribution in [0, 0.1) is 0 Å². The van der Waals surface area contributed by atoms with Gasteiger partial charge in [-0.1, -0.05) is 12.1 Å². The standard InChI is InChI=1S/C15H15N3O2/c16-14-9-11(5-6-17-14)10-18-7-8-20-13-4-2-1-3-12(13)15(18)19/h1-6,9H,7-8,10H2,(H2,16,17). The average Bonchev–Trinajstić information content (AvgIpc) is 2.60. The van der Waals surface area contributed by atoms with Crippen molar-refractivity contribution in [3.8, 4) is 5.75 Å². The largest absolute Gasteiger partial charge is 0.491 e. The highest BCUT2D eigenvalue weighted by molar-refractivity contribution is 5.97. The van der Waals surface area contributed by atoms with E-state index >= 15 is 0 Å². The maximum Gasteiger partial charge on any atom is 0.258 e. The number of hydrogen-bond donors (Lipinski definition) is 1. The molecule has 1 aliphatic rings. The van der Waals surface area contributed by atoms with Crippen molar-refractivity contribution in [2.24, 2.45) is 0 Å². The number of hydrogen-bond acceptors (Lipinski definition) is 4. The number of carbonyl (C=O) groups is 1. The number of amides is 1. The Morgan fingerprint density at radius 1 is 1.30 bits per heavy atom. The van der Waals surface area contributed by atoms with Crippen LogP contribution in [0.25, 0.3) is 0 Å². The summed E-state index contributed by atoms with van der Waals surface area (Å²) in [4.78, 5) is 18.2. The van der Waals surface area contributed by atoms with Gasteiger partial charge in [-0.25, -0.2) is 4.98 Å². The summed E-state index contributed by atoms with van der Waals surface area (Å²) in [7, 11) is 0. The summed E-state index contributed by atoms with van der Waals surface area (Å²) in [5.41, 5.74) is 7.23. The molecule has 0 spiro atoms. The van der Waals surface area contributed by atoms with Crippen LogP contribution in [0.4, 0.5) is 5.82 Å². The van der Waals surface area contributed by atoms with Crippen LogP contribution in [0.5, 0.6) is 5.75 Å². The number of nitrogen functional groups attached to an aromatic ring is 1. The van der Waals surface area contributed by atoms with Crippen LogP contribution < -0.4 is 10.5 Å². The highest BCUT2D eigenvalue weighted by Gasteiger charge is 2.23. The molecule has 1 amide bonds. The summed E-state index contributed by atoms with van der Waals surface area (Å²) in [5, 5.41) is 0. The molecule has 1 aliphatic heterocycles. The molecule has 2 aromatic rings. The van der Waals surface area contributed by atoms with Crippen LogP contribution >= 0.6 is 0 Å². The third-order valence-corrected chi connectivity index (χ3v) is 3.24. The van der Waals surface area contributed by atoms with Crippen LogP contribution in [-0.2, 0) is 6.54 Å². The zero-order chi connectivity index (χ0) is 13.9. The van der Waals surface area contributed by atoms with Crippen LogP contribution in [0.2, 0.25) is 0 Å². The van der Waals surface area contributed by atoms with Crippen molar-refractivity contribution in [3.05, 3.63) is 53.7 Å². The van der Waals surface area contributed by atoms with Gasteiger partial charge in [-0.05, 0) is 29.8 Å². The van der Waals surface area contributed by atoms with Gasteiger partial charge in [-0.15, -0.1) is 0 Å². The number of anilines is 1. The van der Waals surface area contributed by atoms with Crippen molar-refractivity contribution in [3.63, 3.8) is 0 Å². The van der Waals surface area contributed by atoms with Gasteiger partial charge < -0.3 is 15.4 Å².